The molecular weight excluding hydrogens is 247 g/mol. The lowest BCUT2D eigenvalue weighted by Crippen LogP contribution is -1.94. The van der Waals surface area contributed by atoms with Gasteiger partial charge in [-0.15, -0.1) is 0 Å². The topological polar surface area (TPSA) is 46.0 Å². The van der Waals surface area contributed by atoms with Crippen LogP contribution < -0.4 is 0 Å². The molecule has 0 amide bonds. The van der Waals surface area contributed by atoms with E-state index < -0.39 is 0 Å². The molecule has 1 aromatic carbocycles. The van der Waals surface area contributed by atoms with Crippen molar-refractivity contribution in [2.75, 3.05) is 0 Å². The molecule has 0 aliphatic heterocycles. The van der Waals surface area contributed by atoms with E-state index in [0.29, 0.717) is 21.3 Å². The van der Waals surface area contributed by atoms with E-state index in [4.69, 9.17) is 28.3 Å². The van der Waals surface area contributed by atoms with Crippen molar-refractivity contribution < 1.29 is 5.11 Å². The Morgan fingerprint density at radius 2 is 2.00 bits per heavy atom. The second kappa shape index (κ2) is 4.78. The van der Waals surface area contributed by atoms with Crippen LogP contribution in [0.5, 0.6) is 0 Å². The van der Waals surface area contributed by atoms with Gasteiger partial charge in [0, 0.05) is 17.3 Å². The average Bonchev–Trinajstić information content (AvgIpc) is 2.32. The lowest BCUT2D eigenvalue weighted by molar-refractivity contribution is 0.281. The van der Waals surface area contributed by atoms with E-state index in [0.717, 1.165) is 5.56 Å². The summed E-state index contributed by atoms with van der Waals surface area (Å²) in [5.41, 5.74) is 2.12. The van der Waals surface area contributed by atoms with Gasteiger partial charge in [0.2, 0.25) is 0 Å². The Morgan fingerprint density at radius 1 is 1.19 bits per heavy atom. The molecule has 3 nitrogen and oxygen atoms in total. The van der Waals surface area contributed by atoms with Crippen LogP contribution in [0.3, 0.4) is 0 Å². The van der Waals surface area contributed by atoms with E-state index in [1.54, 1.807) is 24.4 Å². The second-order valence-corrected chi connectivity index (χ2v) is 4.00. The van der Waals surface area contributed by atoms with Crippen LogP contribution in [0.25, 0.3) is 11.3 Å². The zero-order valence-corrected chi connectivity index (χ0v) is 9.70. The largest absolute Gasteiger partial charge is 0.392 e. The van der Waals surface area contributed by atoms with Crippen LogP contribution in [0.1, 0.15) is 5.56 Å². The molecule has 0 fully saturated rings. The van der Waals surface area contributed by atoms with Crippen molar-refractivity contribution in [1.82, 2.24) is 9.97 Å². The molecule has 16 heavy (non-hydrogen) atoms. The van der Waals surface area contributed by atoms with Crippen molar-refractivity contribution in [1.29, 1.82) is 0 Å². The second-order valence-electron chi connectivity index (χ2n) is 3.18. The van der Waals surface area contributed by atoms with E-state index >= 15 is 0 Å². The Bertz CT molecular complexity index is 517. The lowest BCUT2D eigenvalue weighted by Gasteiger charge is -2.06. The van der Waals surface area contributed by atoms with Crippen LogP contribution in [0.15, 0.2) is 30.7 Å². The number of benzene rings is 1. The molecule has 1 heterocycles. The molecule has 82 valence electrons. The van der Waals surface area contributed by atoms with Crippen LogP contribution in [-0.2, 0) is 6.61 Å². The number of halogens is 2. The minimum Gasteiger partial charge on any atom is -0.392 e. The van der Waals surface area contributed by atoms with Crippen LogP contribution in [-0.4, -0.2) is 15.1 Å². The van der Waals surface area contributed by atoms with Gasteiger partial charge in [0.1, 0.15) is 6.33 Å². The number of hydrogen-bond acceptors (Lipinski definition) is 3. The summed E-state index contributed by atoms with van der Waals surface area (Å²) in [6, 6.07) is 5.21. The molecule has 0 saturated heterocycles. The lowest BCUT2D eigenvalue weighted by atomic mass is 10.1. The molecule has 5 heteroatoms. The number of rotatable bonds is 2. The summed E-state index contributed by atoms with van der Waals surface area (Å²) in [5.74, 6) is 0. The summed E-state index contributed by atoms with van der Waals surface area (Å²) in [6.45, 7) is -0.115. The molecule has 0 bridgehead atoms. The molecule has 0 radical (unpaired) electrons. The van der Waals surface area contributed by atoms with Crippen LogP contribution in [0.4, 0.5) is 0 Å². The molecule has 1 N–H and O–H groups in total. The highest BCUT2D eigenvalue weighted by Crippen LogP contribution is 2.28. The van der Waals surface area contributed by atoms with E-state index in [2.05, 4.69) is 9.97 Å². The smallest absolute Gasteiger partial charge is 0.116 e. The predicted molar refractivity (Wildman–Crippen MR) is 63.4 cm³/mol. The van der Waals surface area contributed by atoms with Crippen LogP contribution in [0, 0.1) is 0 Å². The number of nitrogens with zero attached hydrogens (tertiary/aromatic N) is 2. The Hall–Kier alpha value is -1.16. The van der Waals surface area contributed by atoms with Crippen molar-refractivity contribution in [2.24, 2.45) is 0 Å². The zero-order chi connectivity index (χ0) is 11.5. The molecule has 2 aromatic rings. The SMILES string of the molecule is OCc1cncnc1-c1ccc(Cl)c(Cl)c1. The molecule has 2 rings (SSSR count). The van der Waals surface area contributed by atoms with Crippen molar-refractivity contribution >= 4 is 23.2 Å². The van der Waals surface area contributed by atoms with Gasteiger partial charge < -0.3 is 5.11 Å². The van der Waals surface area contributed by atoms with Crippen LogP contribution >= 0.6 is 23.2 Å². The summed E-state index contributed by atoms with van der Waals surface area (Å²) in [7, 11) is 0. The van der Waals surface area contributed by atoms with E-state index in [-0.39, 0.29) is 6.61 Å². The molecule has 0 atom stereocenters. The van der Waals surface area contributed by atoms with Crippen molar-refractivity contribution in [3.05, 3.63) is 46.3 Å². The standard InChI is InChI=1S/C11H8Cl2N2O/c12-9-2-1-7(3-10(9)13)11-8(5-16)4-14-6-15-11/h1-4,6,16H,5H2. The third kappa shape index (κ3) is 2.16. The fourth-order valence-corrected chi connectivity index (χ4v) is 1.68. The number of hydrogen-bond donors (Lipinski definition) is 1. The number of aliphatic hydroxyl groups is 1. The maximum Gasteiger partial charge on any atom is 0.116 e. The molecule has 1 aromatic heterocycles. The molecule has 0 spiro atoms. The van der Waals surface area contributed by atoms with Gasteiger partial charge >= 0.3 is 0 Å². The third-order valence-electron chi connectivity index (χ3n) is 2.15. The van der Waals surface area contributed by atoms with Crippen LogP contribution in [0.2, 0.25) is 10.0 Å². The first-order chi connectivity index (χ1) is 7.72. The van der Waals surface area contributed by atoms with Gasteiger partial charge in [-0.1, -0.05) is 29.3 Å². The minimum atomic E-state index is -0.115. The first-order valence-corrected chi connectivity index (χ1v) is 5.33. The van der Waals surface area contributed by atoms with E-state index in [1.807, 2.05) is 0 Å². The summed E-state index contributed by atoms with van der Waals surface area (Å²) in [5, 5.41) is 10.1. The monoisotopic (exact) mass is 254 g/mol. The highest BCUT2D eigenvalue weighted by Gasteiger charge is 2.07. The predicted octanol–water partition coefficient (Wildman–Crippen LogP) is 2.94. The van der Waals surface area contributed by atoms with E-state index in [1.165, 1.54) is 6.33 Å². The number of aromatic nitrogens is 2. The molecule has 0 unspecified atom stereocenters. The summed E-state index contributed by atoms with van der Waals surface area (Å²) >= 11 is 11.7. The fourth-order valence-electron chi connectivity index (χ4n) is 1.38. The van der Waals surface area contributed by atoms with Gasteiger partial charge in [0.15, 0.2) is 0 Å². The fraction of sp³-hybridized carbons (Fsp3) is 0.0909. The zero-order valence-electron chi connectivity index (χ0n) is 8.19. The first kappa shape index (κ1) is 11.3. The Morgan fingerprint density at radius 3 is 2.69 bits per heavy atom. The normalized spacial score (nSPS) is 10.4. The average molecular weight is 255 g/mol. The first-order valence-electron chi connectivity index (χ1n) is 4.57. The van der Waals surface area contributed by atoms with Gasteiger partial charge in [-0.05, 0) is 12.1 Å². The van der Waals surface area contributed by atoms with Crippen molar-refractivity contribution in [2.45, 2.75) is 6.61 Å². The molecule has 0 saturated carbocycles. The summed E-state index contributed by atoms with van der Waals surface area (Å²) in [6.07, 6.45) is 3.00. The quantitative estimate of drug-likeness (QED) is 0.897. The third-order valence-corrected chi connectivity index (χ3v) is 2.89. The minimum absolute atomic E-state index is 0.115. The molecular formula is C11H8Cl2N2O. The Kier molecular flexibility index (Phi) is 3.39. The number of aliphatic hydroxyl groups excluding tert-OH is 1. The van der Waals surface area contributed by atoms with Gasteiger partial charge in [0.05, 0.1) is 22.3 Å². The van der Waals surface area contributed by atoms with Gasteiger partial charge in [-0.2, -0.15) is 0 Å². The van der Waals surface area contributed by atoms with Crippen molar-refractivity contribution in [3.8, 4) is 11.3 Å². The maximum absolute atomic E-state index is 9.16. The summed E-state index contributed by atoms with van der Waals surface area (Å²) < 4.78 is 0. The van der Waals surface area contributed by atoms with Gasteiger partial charge in [-0.3, -0.25) is 0 Å². The molecule has 0 aliphatic rings. The Labute approximate surface area is 103 Å². The van der Waals surface area contributed by atoms with Gasteiger partial charge in [0.25, 0.3) is 0 Å². The molecule has 0 aliphatic carbocycles. The van der Waals surface area contributed by atoms with Gasteiger partial charge in [-0.25, -0.2) is 9.97 Å². The highest BCUT2D eigenvalue weighted by atomic mass is 35.5. The Balaban J connectivity index is 2.54. The highest BCUT2D eigenvalue weighted by molar-refractivity contribution is 6.42. The van der Waals surface area contributed by atoms with Crippen molar-refractivity contribution in [3.63, 3.8) is 0 Å². The summed E-state index contributed by atoms with van der Waals surface area (Å²) in [4.78, 5) is 7.97. The van der Waals surface area contributed by atoms with E-state index in [9.17, 15) is 0 Å². The maximum atomic E-state index is 9.16.